The molecule has 0 aromatic heterocycles. The highest BCUT2D eigenvalue weighted by Crippen LogP contribution is 2.26. The molecule has 0 bridgehead atoms. The first-order valence-corrected chi connectivity index (χ1v) is 10.1. The third kappa shape index (κ3) is 3.94. The van der Waals surface area contributed by atoms with Crippen LogP contribution in [0.25, 0.3) is 0 Å². The zero-order chi connectivity index (χ0) is 18.7. The molecule has 1 amide bonds. The molecule has 138 valence electrons. The van der Waals surface area contributed by atoms with E-state index in [1.54, 1.807) is 36.4 Å². The maximum Gasteiger partial charge on any atom is 0.259 e. The normalized spacial score (nSPS) is 16.2. The van der Waals surface area contributed by atoms with E-state index in [1.165, 1.54) is 17.5 Å². The summed E-state index contributed by atoms with van der Waals surface area (Å²) in [5.41, 5.74) is 1.47. The van der Waals surface area contributed by atoms with Crippen molar-refractivity contribution in [2.75, 3.05) is 29.0 Å². The quantitative estimate of drug-likeness (QED) is 0.860. The van der Waals surface area contributed by atoms with Crippen LogP contribution in [0.1, 0.15) is 23.2 Å². The standard InChI is InChI=1S/C18H19ClN2O4S/c1-25-17-9-4-13(19)12-16(17)18(22)20-14-5-7-15(8-6-14)21-10-2-3-11-26(21,23)24/h4-9,12H,2-3,10-11H2,1H3,(H,20,22). The fourth-order valence-corrected chi connectivity index (χ4v) is 4.66. The molecular weight excluding hydrogens is 376 g/mol. The maximum absolute atomic E-state index is 12.5. The molecule has 0 spiro atoms. The second kappa shape index (κ2) is 7.55. The van der Waals surface area contributed by atoms with E-state index in [-0.39, 0.29) is 11.7 Å². The Balaban J connectivity index is 1.77. The maximum atomic E-state index is 12.5. The van der Waals surface area contributed by atoms with Crippen LogP contribution in [0.15, 0.2) is 42.5 Å². The molecule has 0 aliphatic carbocycles. The van der Waals surface area contributed by atoms with Crippen molar-refractivity contribution in [3.8, 4) is 5.75 Å². The van der Waals surface area contributed by atoms with Crippen LogP contribution in [0.3, 0.4) is 0 Å². The number of nitrogens with one attached hydrogen (secondary N) is 1. The number of amides is 1. The largest absolute Gasteiger partial charge is 0.496 e. The predicted octanol–water partition coefficient (Wildman–Crippen LogP) is 3.53. The van der Waals surface area contributed by atoms with Gasteiger partial charge in [0.2, 0.25) is 10.0 Å². The second-order valence-electron chi connectivity index (χ2n) is 5.94. The Morgan fingerprint density at radius 1 is 1.15 bits per heavy atom. The topological polar surface area (TPSA) is 75.7 Å². The van der Waals surface area contributed by atoms with Crippen molar-refractivity contribution in [3.05, 3.63) is 53.1 Å². The lowest BCUT2D eigenvalue weighted by Gasteiger charge is -2.28. The van der Waals surface area contributed by atoms with E-state index in [9.17, 15) is 13.2 Å². The van der Waals surface area contributed by atoms with Gasteiger partial charge in [-0.15, -0.1) is 0 Å². The Morgan fingerprint density at radius 3 is 2.54 bits per heavy atom. The molecule has 0 unspecified atom stereocenters. The highest BCUT2D eigenvalue weighted by Gasteiger charge is 2.25. The van der Waals surface area contributed by atoms with Gasteiger partial charge in [-0.3, -0.25) is 9.10 Å². The van der Waals surface area contributed by atoms with Gasteiger partial charge >= 0.3 is 0 Å². The van der Waals surface area contributed by atoms with E-state index in [2.05, 4.69) is 5.32 Å². The van der Waals surface area contributed by atoms with Crippen LogP contribution in [0, 0.1) is 0 Å². The number of carbonyl (C=O) groups is 1. The first-order valence-electron chi connectivity index (χ1n) is 8.16. The van der Waals surface area contributed by atoms with Crippen molar-refractivity contribution in [2.45, 2.75) is 12.8 Å². The SMILES string of the molecule is COc1ccc(Cl)cc1C(=O)Nc1ccc(N2CCCCS2(=O)=O)cc1. The Kier molecular flexibility index (Phi) is 5.38. The van der Waals surface area contributed by atoms with Crippen LogP contribution in [0.2, 0.25) is 5.02 Å². The van der Waals surface area contributed by atoms with E-state index in [4.69, 9.17) is 16.3 Å². The third-order valence-electron chi connectivity index (χ3n) is 4.17. The van der Waals surface area contributed by atoms with Crippen LogP contribution in [0.4, 0.5) is 11.4 Å². The van der Waals surface area contributed by atoms with Crippen LogP contribution >= 0.6 is 11.6 Å². The second-order valence-corrected chi connectivity index (χ2v) is 8.39. The van der Waals surface area contributed by atoms with Crippen molar-refractivity contribution >= 4 is 38.9 Å². The van der Waals surface area contributed by atoms with Gasteiger partial charge in [-0.2, -0.15) is 0 Å². The van der Waals surface area contributed by atoms with Gasteiger partial charge in [0.25, 0.3) is 5.91 Å². The van der Waals surface area contributed by atoms with Gasteiger partial charge in [-0.1, -0.05) is 11.6 Å². The lowest BCUT2D eigenvalue weighted by Crippen LogP contribution is -2.37. The molecule has 3 rings (SSSR count). The number of halogens is 1. The molecular formula is C18H19ClN2O4S. The molecule has 1 aliphatic heterocycles. The first kappa shape index (κ1) is 18.5. The van der Waals surface area contributed by atoms with E-state index in [0.717, 1.165) is 6.42 Å². The van der Waals surface area contributed by atoms with Crippen LogP contribution in [-0.4, -0.2) is 33.7 Å². The summed E-state index contributed by atoms with van der Waals surface area (Å²) in [6.07, 6.45) is 1.53. The van der Waals surface area contributed by atoms with E-state index in [0.29, 0.717) is 40.7 Å². The number of hydrogen-bond donors (Lipinski definition) is 1. The molecule has 0 atom stereocenters. The number of anilines is 2. The number of carbonyl (C=O) groups excluding carboxylic acids is 1. The van der Waals surface area contributed by atoms with Crippen LogP contribution < -0.4 is 14.4 Å². The van der Waals surface area contributed by atoms with E-state index >= 15 is 0 Å². The zero-order valence-corrected chi connectivity index (χ0v) is 15.8. The van der Waals surface area contributed by atoms with Crippen LogP contribution in [0.5, 0.6) is 5.75 Å². The molecule has 1 fully saturated rings. The third-order valence-corrected chi connectivity index (χ3v) is 6.27. The molecule has 1 heterocycles. The summed E-state index contributed by atoms with van der Waals surface area (Å²) in [5, 5.41) is 3.20. The fraction of sp³-hybridized carbons (Fsp3) is 0.278. The monoisotopic (exact) mass is 394 g/mol. The van der Waals surface area contributed by atoms with Gasteiger partial charge in [-0.05, 0) is 55.3 Å². The number of benzene rings is 2. The minimum atomic E-state index is -3.25. The molecule has 1 aliphatic rings. The van der Waals surface area contributed by atoms with Crippen molar-refractivity contribution in [1.82, 2.24) is 0 Å². The van der Waals surface area contributed by atoms with Gasteiger partial charge in [-0.25, -0.2) is 8.42 Å². The first-order chi connectivity index (χ1) is 12.4. The van der Waals surface area contributed by atoms with Gasteiger partial charge in [0, 0.05) is 17.3 Å². The predicted molar refractivity (Wildman–Crippen MR) is 103 cm³/mol. The molecule has 0 saturated carbocycles. The lowest BCUT2D eigenvalue weighted by molar-refractivity contribution is 0.102. The van der Waals surface area contributed by atoms with Crippen LogP contribution in [-0.2, 0) is 10.0 Å². The summed E-state index contributed by atoms with van der Waals surface area (Å²) in [5.74, 6) is 0.227. The van der Waals surface area contributed by atoms with Gasteiger partial charge in [0.1, 0.15) is 5.75 Å². The summed E-state index contributed by atoms with van der Waals surface area (Å²) < 4.78 is 30.9. The number of sulfonamides is 1. The van der Waals surface area contributed by atoms with E-state index < -0.39 is 10.0 Å². The minimum Gasteiger partial charge on any atom is -0.496 e. The number of rotatable bonds is 4. The highest BCUT2D eigenvalue weighted by atomic mass is 35.5. The highest BCUT2D eigenvalue weighted by molar-refractivity contribution is 7.92. The fourth-order valence-electron chi connectivity index (χ4n) is 2.85. The van der Waals surface area contributed by atoms with E-state index in [1.807, 2.05) is 0 Å². The Bertz CT molecular complexity index is 913. The minimum absolute atomic E-state index is 0.167. The molecule has 2 aromatic rings. The van der Waals surface area contributed by atoms with Crippen molar-refractivity contribution in [2.24, 2.45) is 0 Å². The van der Waals surface area contributed by atoms with Crippen molar-refractivity contribution in [3.63, 3.8) is 0 Å². The molecule has 26 heavy (non-hydrogen) atoms. The van der Waals surface area contributed by atoms with Gasteiger partial charge < -0.3 is 10.1 Å². The molecule has 2 aromatic carbocycles. The summed E-state index contributed by atoms with van der Waals surface area (Å²) in [6, 6.07) is 11.5. The number of nitrogens with zero attached hydrogens (tertiary/aromatic N) is 1. The summed E-state index contributed by atoms with van der Waals surface area (Å²) in [7, 11) is -1.77. The summed E-state index contributed by atoms with van der Waals surface area (Å²) in [6.45, 7) is 0.480. The summed E-state index contributed by atoms with van der Waals surface area (Å²) in [4.78, 5) is 12.5. The Hall–Kier alpha value is -2.25. The number of ether oxygens (including phenoxy) is 1. The van der Waals surface area contributed by atoms with Crippen molar-refractivity contribution < 1.29 is 17.9 Å². The number of hydrogen-bond acceptors (Lipinski definition) is 4. The summed E-state index contributed by atoms with van der Waals surface area (Å²) >= 11 is 5.96. The van der Waals surface area contributed by atoms with Gasteiger partial charge in [0.05, 0.1) is 24.1 Å². The van der Waals surface area contributed by atoms with Crippen molar-refractivity contribution in [1.29, 1.82) is 0 Å². The van der Waals surface area contributed by atoms with Gasteiger partial charge in [0.15, 0.2) is 0 Å². The molecule has 0 radical (unpaired) electrons. The smallest absolute Gasteiger partial charge is 0.259 e. The number of methoxy groups -OCH3 is 1. The Morgan fingerprint density at radius 2 is 1.88 bits per heavy atom. The molecule has 6 nitrogen and oxygen atoms in total. The molecule has 1 N–H and O–H groups in total. The zero-order valence-electron chi connectivity index (χ0n) is 14.2. The molecule has 1 saturated heterocycles. The lowest BCUT2D eigenvalue weighted by atomic mass is 10.1. The molecule has 8 heteroatoms. The average molecular weight is 395 g/mol. The average Bonchev–Trinajstić information content (AvgIpc) is 2.62. The Labute approximate surface area is 157 Å².